The molecule has 0 spiro atoms. The number of cyclic esters (lactones) is 1. The van der Waals surface area contributed by atoms with Crippen LogP contribution in [0, 0.1) is 12.7 Å². The fraction of sp³-hybridized carbons (Fsp3) is 0.386. The van der Waals surface area contributed by atoms with E-state index in [1.54, 1.807) is 46.2 Å². The minimum Gasteiger partial charge on any atom is -0.508 e. The standard InChI is InChI=1S/C57H59FN6O9S2/c1-5-57(71)43-22-47-52-41(28-64(47)54(68)42(43)30-72-55(57)69)51-45(13-12-38-32(4)44(58)23-46(59-52)50(38)51)60-56(70)73-29-33-7-10-37(11-8-33)75-74-19-18-61-14-16-62(17-15-61)25-34-6-9-35-26-63(27-36(35)20-34)53(67)40-21-39(31(2)3)48(65)24-49(40)66/h6-11,20-24,31,45,65-66,71H,5,12-19,25-30H2,1-4H3,(H,60,70)/t45-,57-/m0/s1. The van der Waals surface area contributed by atoms with Crippen LogP contribution >= 0.6 is 21.6 Å². The zero-order valence-corrected chi connectivity index (χ0v) is 44.0. The van der Waals surface area contributed by atoms with E-state index in [1.165, 1.54) is 17.7 Å². The Hall–Kier alpha value is -6.44. The van der Waals surface area contributed by atoms with Crippen molar-refractivity contribution in [1.82, 2.24) is 29.6 Å². The first kappa shape index (κ1) is 50.7. The van der Waals surface area contributed by atoms with Gasteiger partial charge in [-0.15, -0.1) is 0 Å². The molecule has 15 nitrogen and oxygen atoms in total. The third kappa shape index (κ3) is 9.42. The van der Waals surface area contributed by atoms with Crippen LogP contribution in [0.3, 0.4) is 0 Å². The van der Waals surface area contributed by atoms with Crippen molar-refractivity contribution in [2.75, 3.05) is 38.5 Å². The number of aryl methyl sites for hydroxylation is 1. The number of halogens is 1. The van der Waals surface area contributed by atoms with E-state index in [1.807, 2.05) is 48.9 Å². The van der Waals surface area contributed by atoms with Crippen molar-refractivity contribution in [2.24, 2.45) is 0 Å². The van der Waals surface area contributed by atoms with Crippen LogP contribution in [0.15, 0.2) is 76.4 Å². The van der Waals surface area contributed by atoms with Crippen LogP contribution in [0.5, 0.6) is 11.5 Å². The third-order valence-electron chi connectivity index (χ3n) is 15.8. The number of piperazine rings is 1. The van der Waals surface area contributed by atoms with Crippen molar-refractivity contribution < 1.29 is 43.6 Å². The molecular weight excluding hydrogens is 996 g/mol. The summed E-state index contributed by atoms with van der Waals surface area (Å²) in [7, 11) is 3.53. The van der Waals surface area contributed by atoms with Gasteiger partial charge in [0, 0.05) is 91.7 Å². The summed E-state index contributed by atoms with van der Waals surface area (Å²) in [5.74, 6) is -0.700. The number of hydrogen-bond acceptors (Lipinski definition) is 14. The number of aliphatic hydroxyl groups is 1. The number of alkyl carbamates (subject to hydrolysis) is 1. The molecule has 390 valence electrons. The van der Waals surface area contributed by atoms with Gasteiger partial charge in [-0.1, -0.05) is 72.7 Å². The molecule has 2 aromatic heterocycles. The van der Waals surface area contributed by atoms with E-state index in [0.29, 0.717) is 59.5 Å². The number of carbonyl (C=O) groups excluding carboxylic acids is 3. The van der Waals surface area contributed by atoms with Crippen LogP contribution in [0.2, 0.25) is 0 Å². The molecule has 4 N–H and O–H groups in total. The van der Waals surface area contributed by atoms with Crippen molar-refractivity contribution in [3.8, 4) is 22.9 Å². The highest BCUT2D eigenvalue weighted by Crippen LogP contribution is 2.46. The number of aromatic hydroxyl groups is 2. The number of nitrogens with zero attached hydrogens (tertiary/aromatic N) is 5. The number of rotatable bonds is 13. The van der Waals surface area contributed by atoms with E-state index in [2.05, 4.69) is 33.3 Å². The predicted molar refractivity (Wildman–Crippen MR) is 284 cm³/mol. The maximum absolute atomic E-state index is 15.4. The largest absolute Gasteiger partial charge is 0.508 e. The van der Waals surface area contributed by atoms with Gasteiger partial charge in [0.05, 0.1) is 40.6 Å². The molecule has 5 aliphatic rings. The fourth-order valence-electron chi connectivity index (χ4n) is 11.5. The number of phenolic OH excluding ortho intramolecular Hbond substituents is 2. The number of carbonyl (C=O) groups is 3. The second-order valence-electron chi connectivity index (χ2n) is 20.6. The van der Waals surface area contributed by atoms with Gasteiger partial charge in [-0.2, -0.15) is 0 Å². The Labute approximate surface area is 441 Å². The van der Waals surface area contributed by atoms with Gasteiger partial charge in [0.25, 0.3) is 11.5 Å². The van der Waals surface area contributed by atoms with Gasteiger partial charge in [0.2, 0.25) is 0 Å². The van der Waals surface area contributed by atoms with Gasteiger partial charge in [-0.05, 0) is 101 Å². The maximum Gasteiger partial charge on any atom is 0.407 e. The molecule has 0 unspecified atom stereocenters. The number of benzene rings is 4. The van der Waals surface area contributed by atoms with Gasteiger partial charge in [-0.3, -0.25) is 19.4 Å². The number of amides is 2. The lowest BCUT2D eigenvalue weighted by Crippen LogP contribution is -2.46. The smallest absolute Gasteiger partial charge is 0.407 e. The van der Waals surface area contributed by atoms with Crippen molar-refractivity contribution >= 4 is 50.5 Å². The highest BCUT2D eigenvalue weighted by atomic mass is 33.1. The molecule has 0 radical (unpaired) electrons. The Bertz CT molecular complexity index is 3380. The van der Waals surface area contributed by atoms with Crippen molar-refractivity contribution in [3.63, 3.8) is 0 Å². The lowest BCUT2D eigenvalue weighted by atomic mass is 9.81. The quantitative estimate of drug-likeness (QED) is 0.0488. The van der Waals surface area contributed by atoms with E-state index >= 15 is 4.39 Å². The number of nitrogens with one attached hydrogen (secondary N) is 1. The number of aromatic nitrogens is 2. The van der Waals surface area contributed by atoms with E-state index in [9.17, 15) is 34.5 Å². The van der Waals surface area contributed by atoms with E-state index in [0.717, 1.165) is 83.1 Å². The highest BCUT2D eigenvalue weighted by Gasteiger charge is 2.46. The second kappa shape index (κ2) is 20.3. The number of pyridine rings is 2. The average molecular weight is 1060 g/mol. The summed E-state index contributed by atoms with van der Waals surface area (Å²) in [6.07, 6.45) is 0.364. The van der Waals surface area contributed by atoms with Gasteiger partial charge in [0.1, 0.15) is 30.5 Å². The summed E-state index contributed by atoms with van der Waals surface area (Å²) in [4.78, 5) is 66.5. The van der Waals surface area contributed by atoms with Crippen molar-refractivity contribution in [2.45, 2.75) is 109 Å². The van der Waals surface area contributed by atoms with Gasteiger partial charge in [0.15, 0.2) is 5.60 Å². The van der Waals surface area contributed by atoms with Crippen LogP contribution in [-0.4, -0.2) is 96.0 Å². The number of esters is 1. The predicted octanol–water partition coefficient (Wildman–Crippen LogP) is 8.69. The number of fused-ring (bicyclic) bond motifs is 6. The molecule has 75 heavy (non-hydrogen) atoms. The SMILES string of the molecule is CC[C@@]1(O)C(=O)OCc2c1cc1n(c2=O)Cc2c-1nc1cc(F)c(C)c3c1c2[C@@H](NC(=O)OCc1ccc(SSCCN2CCN(Cc4ccc5c(c4)CN(C(=O)c4cc(C(C)C)c(O)cc4O)C5)CC2)cc1)CC3. The summed E-state index contributed by atoms with van der Waals surface area (Å²) in [5.41, 5.74) is 7.17. The monoisotopic (exact) mass is 1050 g/mol. The minimum absolute atomic E-state index is 0.00392. The summed E-state index contributed by atoms with van der Waals surface area (Å²) < 4.78 is 28.0. The summed E-state index contributed by atoms with van der Waals surface area (Å²) in [6.45, 7) is 13.9. The molecule has 1 saturated heterocycles. The first-order chi connectivity index (χ1) is 36.1. The first-order valence-corrected chi connectivity index (χ1v) is 27.9. The number of hydrogen-bond donors (Lipinski definition) is 4. The Morgan fingerprint density at radius 3 is 2.43 bits per heavy atom. The third-order valence-corrected chi connectivity index (χ3v) is 18.1. The molecule has 1 aliphatic carbocycles. The Morgan fingerprint density at radius 1 is 0.920 bits per heavy atom. The zero-order valence-electron chi connectivity index (χ0n) is 42.3. The molecule has 0 bridgehead atoms. The Kier molecular flexibility index (Phi) is 13.7. The second-order valence-corrected chi connectivity index (χ2v) is 23.1. The first-order valence-electron chi connectivity index (χ1n) is 25.6. The van der Waals surface area contributed by atoms with Gasteiger partial charge >= 0.3 is 12.1 Å². The van der Waals surface area contributed by atoms with E-state index in [4.69, 9.17) is 14.5 Å². The molecule has 11 rings (SSSR count). The summed E-state index contributed by atoms with van der Waals surface area (Å²) in [6, 6.07) is 19.8. The van der Waals surface area contributed by atoms with E-state index in [-0.39, 0.29) is 66.2 Å². The lowest BCUT2D eigenvalue weighted by molar-refractivity contribution is -0.172. The highest BCUT2D eigenvalue weighted by molar-refractivity contribution is 8.76. The normalized spacial score (nSPS) is 18.9. The molecule has 1 fully saturated rings. The molecule has 4 aromatic carbocycles. The number of phenols is 2. The molecule has 4 aliphatic heterocycles. The van der Waals surface area contributed by atoms with Gasteiger partial charge in [-0.25, -0.2) is 19.0 Å². The van der Waals surface area contributed by atoms with Crippen LogP contribution in [0.1, 0.15) is 117 Å². The van der Waals surface area contributed by atoms with E-state index < -0.39 is 35.1 Å². The molecule has 6 aromatic rings. The summed E-state index contributed by atoms with van der Waals surface area (Å²) >= 11 is 0. The van der Waals surface area contributed by atoms with Crippen molar-refractivity contribution in [3.05, 3.63) is 150 Å². The molecule has 0 saturated carbocycles. The van der Waals surface area contributed by atoms with Crippen LogP contribution in [0.25, 0.3) is 22.3 Å². The fourth-order valence-corrected chi connectivity index (χ4v) is 13.5. The minimum atomic E-state index is -1.99. The zero-order chi connectivity index (χ0) is 52.4. The van der Waals surface area contributed by atoms with Crippen LogP contribution in [0.4, 0.5) is 9.18 Å². The van der Waals surface area contributed by atoms with Crippen LogP contribution < -0.4 is 10.9 Å². The van der Waals surface area contributed by atoms with Gasteiger partial charge < -0.3 is 39.6 Å². The molecule has 18 heteroatoms. The van der Waals surface area contributed by atoms with Crippen molar-refractivity contribution in [1.29, 1.82) is 0 Å². The Balaban J connectivity index is 0.650. The molecule has 2 amide bonds. The average Bonchev–Trinajstić information content (AvgIpc) is 4.03. The maximum atomic E-state index is 15.4. The Morgan fingerprint density at radius 2 is 1.67 bits per heavy atom. The van der Waals surface area contributed by atoms with Crippen LogP contribution in [-0.2, 0) is 65.7 Å². The summed E-state index contributed by atoms with van der Waals surface area (Å²) in [5, 5.41) is 36.0. The molecule has 2 atom stereocenters. The molecule has 6 heterocycles. The molecular formula is C57H59FN6O9S2. The topological polar surface area (TPSA) is 187 Å². The lowest BCUT2D eigenvalue weighted by Gasteiger charge is -2.34. The number of ether oxygens (including phenoxy) is 2.